The summed E-state index contributed by atoms with van der Waals surface area (Å²) in [5.74, 6) is -1.40. The first-order chi connectivity index (χ1) is 14.5. The average Bonchev–Trinajstić information content (AvgIpc) is 3.14. The summed E-state index contributed by atoms with van der Waals surface area (Å²) in [7, 11) is 0. The zero-order valence-corrected chi connectivity index (χ0v) is 16.7. The molecule has 0 aromatic heterocycles. The molecule has 150 valence electrons. The van der Waals surface area contributed by atoms with Crippen molar-refractivity contribution in [2.24, 2.45) is 0 Å². The maximum Gasteiger partial charge on any atom is 0.325 e. The van der Waals surface area contributed by atoms with Crippen LogP contribution in [0.5, 0.6) is 0 Å². The van der Waals surface area contributed by atoms with E-state index >= 15 is 0 Å². The van der Waals surface area contributed by atoms with E-state index in [9.17, 15) is 14.4 Å². The fourth-order valence-electron chi connectivity index (χ4n) is 3.43. The van der Waals surface area contributed by atoms with Gasteiger partial charge >= 0.3 is 5.97 Å². The van der Waals surface area contributed by atoms with Crippen LogP contribution >= 0.6 is 11.6 Å². The van der Waals surface area contributed by atoms with Crippen molar-refractivity contribution >= 4 is 29.3 Å². The van der Waals surface area contributed by atoms with Gasteiger partial charge in [0.15, 0.2) is 12.4 Å². The third kappa shape index (κ3) is 4.26. The molecule has 5 nitrogen and oxygen atoms in total. The normalized spacial score (nSPS) is 11.4. The van der Waals surface area contributed by atoms with Gasteiger partial charge in [0, 0.05) is 16.1 Å². The summed E-state index contributed by atoms with van der Waals surface area (Å²) in [6.07, 6.45) is 0.849. The largest absolute Gasteiger partial charge is 0.456 e. The van der Waals surface area contributed by atoms with Crippen molar-refractivity contribution in [3.63, 3.8) is 0 Å². The van der Waals surface area contributed by atoms with Crippen LogP contribution in [0.25, 0.3) is 11.1 Å². The fourth-order valence-corrected chi connectivity index (χ4v) is 3.56. The predicted octanol–water partition coefficient (Wildman–Crippen LogP) is 4.07. The maximum atomic E-state index is 12.5. The number of halogens is 1. The van der Waals surface area contributed by atoms with Crippen molar-refractivity contribution in [2.45, 2.75) is 6.42 Å². The molecule has 6 heteroatoms. The van der Waals surface area contributed by atoms with E-state index in [0.717, 1.165) is 17.5 Å². The minimum Gasteiger partial charge on any atom is -0.456 e. The van der Waals surface area contributed by atoms with Crippen molar-refractivity contribution in [3.8, 4) is 11.1 Å². The molecular weight excluding hydrogens is 402 g/mol. The first-order valence-electron chi connectivity index (χ1n) is 9.45. The number of carbonyl (C=O) groups is 3. The van der Waals surface area contributed by atoms with Gasteiger partial charge < -0.3 is 10.1 Å². The molecule has 0 bridgehead atoms. The van der Waals surface area contributed by atoms with Gasteiger partial charge in [-0.25, -0.2) is 0 Å². The van der Waals surface area contributed by atoms with Crippen LogP contribution in [0.3, 0.4) is 0 Å². The van der Waals surface area contributed by atoms with Gasteiger partial charge in [-0.05, 0) is 59.0 Å². The molecule has 4 rings (SSSR count). The average molecular weight is 420 g/mol. The Kier molecular flexibility index (Phi) is 5.63. The topological polar surface area (TPSA) is 72.5 Å². The lowest BCUT2D eigenvalue weighted by atomic mass is 10.0. The van der Waals surface area contributed by atoms with Crippen molar-refractivity contribution < 1.29 is 19.1 Å². The van der Waals surface area contributed by atoms with Crippen LogP contribution in [-0.2, 0) is 16.0 Å². The zero-order valence-electron chi connectivity index (χ0n) is 16.0. The van der Waals surface area contributed by atoms with E-state index in [0.29, 0.717) is 16.1 Å². The third-order valence-corrected chi connectivity index (χ3v) is 5.24. The van der Waals surface area contributed by atoms with Crippen LogP contribution in [0.4, 0.5) is 0 Å². The van der Waals surface area contributed by atoms with Gasteiger partial charge in [-0.2, -0.15) is 0 Å². The summed E-state index contributed by atoms with van der Waals surface area (Å²) in [6.45, 7) is -0.706. The van der Waals surface area contributed by atoms with E-state index in [4.69, 9.17) is 16.3 Å². The first-order valence-corrected chi connectivity index (χ1v) is 9.83. The second-order valence-electron chi connectivity index (χ2n) is 6.98. The van der Waals surface area contributed by atoms with Gasteiger partial charge in [-0.3, -0.25) is 14.4 Å². The number of ketones is 1. The second-order valence-corrected chi connectivity index (χ2v) is 7.42. The molecule has 1 N–H and O–H groups in total. The number of hydrogen-bond donors (Lipinski definition) is 1. The van der Waals surface area contributed by atoms with E-state index in [2.05, 4.69) is 11.4 Å². The minimum absolute atomic E-state index is 0.292. The molecule has 3 aromatic rings. The maximum absolute atomic E-state index is 12.5. The van der Waals surface area contributed by atoms with Crippen LogP contribution < -0.4 is 5.32 Å². The Morgan fingerprint density at radius 3 is 2.37 bits per heavy atom. The Balaban J connectivity index is 1.31. The summed E-state index contributed by atoms with van der Waals surface area (Å²) in [5.41, 5.74) is 5.45. The van der Waals surface area contributed by atoms with Crippen LogP contribution in [-0.4, -0.2) is 30.8 Å². The van der Waals surface area contributed by atoms with E-state index < -0.39 is 11.9 Å². The molecule has 0 saturated heterocycles. The van der Waals surface area contributed by atoms with Crippen molar-refractivity contribution in [3.05, 3.63) is 94.0 Å². The minimum atomic E-state index is -0.683. The van der Waals surface area contributed by atoms with Gasteiger partial charge in [-0.15, -0.1) is 0 Å². The first kappa shape index (κ1) is 19.9. The van der Waals surface area contributed by atoms with Crippen LogP contribution in [0.1, 0.15) is 31.8 Å². The Labute approximate surface area is 178 Å². The molecule has 30 heavy (non-hydrogen) atoms. The highest BCUT2D eigenvalue weighted by Crippen LogP contribution is 2.36. The number of fused-ring (bicyclic) bond motifs is 3. The lowest BCUT2D eigenvalue weighted by Gasteiger charge is -2.08. The van der Waals surface area contributed by atoms with Crippen molar-refractivity contribution in [1.29, 1.82) is 0 Å². The zero-order chi connectivity index (χ0) is 21.1. The lowest BCUT2D eigenvalue weighted by molar-refractivity contribution is -0.141. The molecule has 0 unspecified atom stereocenters. The quantitative estimate of drug-likeness (QED) is 0.378. The molecule has 0 radical (unpaired) electrons. The molecule has 0 spiro atoms. The van der Waals surface area contributed by atoms with Crippen LogP contribution in [0.2, 0.25) is 5.02 Å². The van der Waals surface area contributed by atoms with Crippen LogP contribution in [0.15, 0.2) is 66.7 Å². The predicted molar refractivity (Wildman–Crippen MR) is 114 cm³/mol. The third-order valence-electron chi connectivity index (χ3n) is 4.98. The molecule has 0 heterocycles. The molecule has 0 atom stereocenters. The molecule has 1 aliphatic carbocycles. The number of carbonyl (C=O) groups excluding carboxylic acids is 3. The molecular formula is C24H18ClNO4. The van der Waals surface area contributed by atoms with E-state index in [-0.39, 0.29) is 18.9 Å². The Morgan fingerprint density at radius 1 is 0.867 bits per heavy atom. The Hall–Kier alpha value is -3.44. The standard InChI is InChI=1S/C24H18ClNO4/c25-19-9-7-15(8-10-19)24(29)26-13-23(28)30-14-22(27)18-6-5-17-11-16-3-1-2-4-20(16)21(17)12-18/h1-10,12H,11,13-14H2,(H,26,29). The van der Waals surface area contributed by atoms with E-state index in [1.54, 1.807) is 30.3 Å². The number of ether oxygens (including phenoxy) is 1. The number of nitrogens with one attached hydrogen (secondary N) is 1. The Morgan fingerprint density at radius 2 is 1.57 bits per heavy atom. The molecule has 0 fully saturated rings. The molecule has 1 aliphatic rings. The van der Waals surface area contributed by atoms with Gasteiger partial charge in [0.25, 0.3) is 5.91 Å². The van der Waals surface area contributed by atoms with Gasteiger partial charge in [0.05, 0.1) is 0 Å². The van der Waals surface area contributed by atoms with E-state index in [1.807, 2.05) is 30.3 Å². The molecule has 1 amide bonds. The number of hydrogen-bond acceptors (Lipinski definition) is 4. The summed E-state index contributed by atoms with van der Waals surface area (Å²) >= 11 is 5.78. The van der Waals surface area contributed by atoms with Gasteiger partial charge in [-0.1, -0.05) is 48.0 Å². The second kappa shape index (κ2) is 8.51. The van der Waals surface area contributed by atoms with Gasteiger partial charge in [0.1, 0.15) is 6.54 Å². The number of rotatable bonds is 6. The monoisotopic (exact) mass is 419 g/mol. The van der Waals surface area contributed by atoms with Crippen molar-refractivity contribution in [2.75, 3.05) is 13.2 Å². The highest BCUT2D eigenvalue weighted by molar-refractivity contribution is 6.30. The van der Waals surface area contributed by atoms with Crippen molar-refractivity contribution in [1.82, 2.24) is 5.32 Å². The fraction of sp³-hybridized carbons (Fsp3) is 0.125. The Bertz CT molecular complexity index is 1140. The highest BCUT2D eigenvalue weighted by Gasteiger charge is 2.20. The number of Topliss-reactive ketones (excluding diaryl/α,β-unsaturated/α-hetero) is 1. The van der Waals surface area contributed by atoms with Gasteiger partial charge in [0.2, 0.25) is 0 Å². The number of amides is 1. The summed E-state index contributed by atoms with van der Waals surface area (Å²) < 4.78 is 5.03. The number of esters is 1. The highest BCUT2D eigenvalue weighted by atomic mass is 35.5. The molecule has 3 aromatic carbocycles. The molecule has 0 saturated carbocycles. The van der Waals surface area contributed by atoms with Crippen LogP contribution in [0, 0.1) is 0 Å². The lowest BCUT2D eigenvalue weighted by Crippen LogP contribution is -2.31. The summed E-state index contributed by atoms with van der Waals surface area (Å²) in [5, 5.41) is 2.97. The van der Waals surface area contributed by atoms with E-state index in [1.165, 1.54) is 11.1 Å². The summed E-state index contributed by atoms with van der Waals surface area (Å²) in [4.78, 5) is 36.4. The summed E-state index contributed by atoms with van der Waals surface area (Å²) in [6, 6.07) is 19.9. The SMILES string of the molecule is O=C(CNC(=O)c1ccc(Cl)cc1)OCC(=O)c1ccc2c(c1)-c1ccccc1C2. The molecule has 0 aliphatic heterocycles. The number of benzene rings is 3. The smallest absolute Gasteiger partial charge is 0.325 e.